The molecule has 2 heterocycles. The van der Waals surface area contributed by atoms with Gasteiger partial charge in [-0.25, -0.2) is 0 Å². The van der Waals surface area contributed by atoms with E-state index in [9.17, 15) is 0 Å². The number of carbonyl (C=O) groups is 1. The molecule has 0 fully saturated rings. The Kier molecular flexibility index (Phi) is 21.8. The maximum absolute atomic E-state index is 8.64. The Morgan fingerprint density at radius 3 is 1.43 bits per heavy atom. The summed E-state index contributed by atoms with van der Waals surface area (Å²) >= 11 is 27.2. The number of para-hydroxylation sites is 1. The van der Waals surface area contributed by atoms with Crippen molar-refractivity contribution in [2.75, 3.05) is 5.32 Å². The topological polar surface area (TPSA) is 139 Å². The third-order valence-corrected chi connectivity index (χ3v) is 3.05. The monoisotopic (exact) mass is 563 g/mol. The molecule has 0 saturated heterocycles. The Morgan fingerprint density at radius 1 is 0.767 bits per heavy atom. The molecule has 0 unspecified atom stereocenters. The van der Waals surface area contributed by atoms with Gasteiger partial charge in [-0.15, -0.1) is 0 Å². The minimum absolute atomic E-state index is 0. The van der Waals surface area contributed by atoms with Crippen LogP contribution in [0.1, 0.15) is 1.43 Å². The van der Waals surface area contributed by atoms with Gasteiger partial charge in [0.15, 0.2) is 0 Å². The van der Waals surface area contributed by atoms with Crippen molar-refractivity contribution in [3.8, 4) is 0 Å². The van der Waals surface area contributed by atoms with Crippen molar-refractivity contribution in [1.29, 1.82) is 0 Å². The number of benzene rings is 1. The second kappa shape index (κ2) is 19.6. The molecule has 30 heavy (non-hydrogen) atoms. The summed E-state index contributed by atoms with van der Waals surface area (Å²) in [6.07, 6.45) is 0. The van der Waals surface area contributed by atoms with Gasteiger partial charge in [0.1, 0.15) is 0 Å². The molecule has 0 spiro atoms. The molecule has 3 aromatic rings. The fourth-order valence-electron chi connectivity index (χ4n) is 1.34. The van der Waals surface area contributed by atoms with E-state index >= 15 is 0 Å². The summed E-state index contributed by atoms with van der Waals surface area (Å²) in [6.45, 7) is -0.181. The molecule has 1 N–H and O–H groups in total. The number of hydrogen-bond donors (Lipinski definition) is 1. The van der Waals surface area contributed by atoms with E-state index in [1.807, 2.05) is 30.3 Å². The van der Waals surface area contributed by atoms with Gasteiger partial charge in [0.2, 0.25) is 32.4 Å². The quantitative estimate of drug-likeness (QED) is 0.155. The number of anilines is 2. The van der Waals surface area contributed by atoms with Gasteiger partial charge >= 0.3 is 103 Å². The third-order valence-electron chi connectivity index (χ3n) is 2.20. The Bertz CT molecular complexity index is 838. The molecule has 0 aliphatic rings. The number of rotatable bonds is 3. The zero-order valence-corrected chi connectivity index (χ0v) is 25.3. The molecule has 0 amide bonds. The van der Waals surface area contributed by atoms with E-state index in [2.05, 4.69) is 40.1 Å². The van der Waals surface area contributed by atoms with Crippen molar-refractivity contribution < 1.29 is 119 Å². The number of nitrogens with zero attached hydrogens (tertiary/aromatic N) is 6. The first-order valence-corrected chi connectivity index (χ1v) is 8.57. The van der Waals surface area contributed by atoms with Gasteiger partial charge in [-0.2, -0.15) is 29.9 Å². The molecular formula is C13H8Cl5K2N7O3. The average Bonchev–Trinajstić information content (AvgIpc) is 2.61. The molecule has 0 radical (unpaired) electrons. The number of hydrogen-bond acceptors (Lipinski definition) is 10. The molecule has 150 valence electrons. The van der Waals surface area contributed by atoms with E-state index in [0.717, 1.165) is 5.69 Å². The van der Waals surface area contributed by atoms with E-state index < -0.39 is 0 Å². The van der Waals surface area contributed by atoms with Crippen molar-refractivity contribution in [1.82, 2.24) is 29.9 Å². The van der Waals surface area contributed by atoms with Gasteiger partial charge in [0.25, 0.3) is 6.47 Å². The minimum Gasteiger partial charge on any atom is -1.00 e. The fourth-order valence-corrected chi connectivity index (χ4v) is 2.31. The Balaban J connectivity index is -0.000000426. The maximum atomic E-state index is 8.64. The summed E-state index contributed by atoms with van der Waals surface area (Å²) < 4.78 is 0. The predicted octanol–water partition coefficient (Wildman–Crippen LogP) is -2.69. The zero-order valence-electron chi connectivity index (χ0n) is 16.3. The smallest absolute Gasteiger partial charge is 1.00 e. The van der Waals surface area contributed by atoms with Crippen LogP contribution in [0.15, 0.2) is 30.3 Å². The molecule has 1 aromatic carbocycles. The van der Waals surface area contributed by atoms with Crippen molar-refractivity contribution in [3.05, 3.63) is 56.7 Å². The first-order chi connectivity index (χ1) is 13.3. The van der Waals surface area contributed by atoms with Crippen LogP contribution in [0.25, 0.3) is 0 Å². The summed E-state index contributed by atoms with van der Waals surface area (Å²) in [5.74, 6) is 0.325. The van der Waals surface area contributed by atoms with Crippen LogP contribution in [0.3, 0.4) is 0 Å². The summed E-state index contributed by atoms with van der Waals surface area (Å²) in [4.78, 5) is 33.0. The van der Waals surface area contributed by atoms with Gasteiger partial charge in [0.05, 0.1) is 0 Å². The van der Waals surface area contributed by atoms with Crippen molar-refractivity contribution in [2.24, 2.45) is 0 Å². The van der Waals surface area contributed by atoms with E-state index in [1.165, 1.54) is 0 Å². The van der Waals surface area contributed by atoms with Gasteiger partial charge in [0, 0.05) is 5.69 Å². The maximum Gasteiger partial charge on any atom is 1.00 e. The largest absolute Gasteiger partial charge is 1.00 e. The second-order valence-electron chi connectivity index (χ2n) is 4.02. The van der Waals surface area contributed by atoms with Crippen LogP contribution in [0.5, 0.6) is 0 Å². The fraction of sp³-hybridized carbons (Fsp3) is 0. The number of nitrogens with one attached hydrogen (secondary N) is 1. The van der Waals surface area contributed by atoms with E-state index in [-0.39, 0.29) is 137 Å². The Labute approximate surface area is 282 Å². The van der Waals surface area contributed by atoms with Crippen molar-refractivity contribution in [2.45, 2.75) is 0 Å². The van der Waals surface area contributed by atoms with Crippen LogP contribution in [0.2, 0.25) is 26.4 Å². The Morgan fingerprint density at radius 2 is 1.10 bits per heavy atom. The number of aromatic nitrogens is 6. The normalized spacial score (nSPS) is 8.60. The summed E-state index contributed by atoms with van der Waals surface area (Å²) in [5.41, 5.74) is 0.857. The molecule has 3 rings (SSSR count). The van der Waals surface area contributed by atoms with Crippen molar-refractivity contribution >= 4 is 76.1 Å². The predicted molar refractivity (Wildman–Crippen MR) is 103 cm³/mol. The summed E-state index contributed by atoms with van der Waals surface area (Å²) in [5, 5.41) is 11.5. The molecule has 2 aromatic heterocycles. The second-order valence-corrected chi connectivity index (χ2v) is 5.71. The molecular weight excluding hydrogens is 558 g/mol. The third kappa shape index (κ3) is 15.9. The summed E-state index contributed by atoms with van der Waals surface area (Å²) in [6, 6.07) is 9.47. The zero-order chi connectivity index (χ0) is 20.9. The first kappa shape index (κ1) is 33.4. The molecule has 17 heteroatoms. The van der Waals surface area contributed by atoms with Gasteiger partial charge in [-0.3, -0.25) is 4.79 Å². The van der Waals surface area contributed by atoms with Crippen LogP contribution in [-0.4, -0.2) is 36.4 Å². The molecule has 0 saturated carbocycles. The molecule has 10 nitrogen and oxygen atoms in total. The van der Waals surface area contributed by atoms with E-state index in [0.29, 0.717) is 5.95 Å². The first-order valence-electron chi connectivity index (χ1n) is 6.68. The Hall–Kier alpha value is 1.19. The number of carbonyl (C=O) groups excluding carboxylic acids is 1. The van der Waals surface area contributed by atoms with E-state index in [4.69, 9.17) is 68.1 Å². The van der Waals surface area contributed by atoms with Crippen LogP contribution in [-0.2, 0) is 9.68 Å². The minimum atomic E-state index is -0.181. The van der Waals surface area contributed by atoms with E-state index in [1.54, 1.807) is 0 Å². The van der Waals surface area contributed by atoms with Crippen LogP contribution in [0.4, 0.5) is 11.6 Å². The van der Waals surface area contributed by atoms with Crippen LogP contribution >= 0.6 is 58.0 Å². The SMILES string of the molecule is Clc1nc(Cl)nc(Cl)n1.Clc1nc(Cl)nc(Nc2ccccc2)n1.O=CO[O-].[H-].[K+].[K+]. The van der Waals surface area contributed by atoms with Gasteiger partial charge in [-0.05, 0) is 70.1 Å². The molecule has 0 aliphatic carbocycles. The van der Waals surface area contributed by atoms with Crippen LogP contribution < -0.4 is 113 Å². The van der Waals surface area contributed by atoms with Gasteiger partial charge in [-0.1, -0.05) is 18.2 Å². The standard InChI is InChI=1S/C9H6Cl2N4.C3Cl3N3.CH2O3.2K.H/c10-7-13-8(11)15-9(14-7)12-6-4-2-1-3-5-6;4-1-7-2(5)9-3(6)8-1;2-1-4-3;;;/h1-5H,(H,12,13,14,15);;1,3H;;;/q;;;2*+1;-1/p-1. The molecule has 0 aliphatic heterocycles. The molecule has 0 bridgehead atoms. The average molecular weight is 566 g/mol. The molecule has 0 atom stereocenters. The van der Waals surface area contributed by atoms with Crippen LogP contribution in [0, 0.1) is 0 Å². The van der Waals surface area contributed by atoms with Gasteiger partial charge < -0.3 is 16.9 Å². The summed E-state index contributed by atoms with van der Waals surface area (Å²) in [7, 11) is 0. The van der Waals surface area contributed by atoms with Crippen molar-refractivity contribution in [3.63, 3.8) is 0 Å². The number of halogens is 5.